The van der Waals surface area contributed by atoms with Crippen LogP contribution in [0.2, 0.25) is 0 Å². The Morgan fingerprint density at radius 3 is 2.54 bits per heavy atom. The number of methoxy groups -OCH3 is 1. The van der Waals surface area contributed by atoms with Crippen molar-refractivity contribution in [1.29, 1.82) is 0 Å². The number of anilines is 1. The zero-order valence-corrected chi connectivity index (χ0v) is 29.8. The van der Waals surface area contributed by atoms with E-state index in [1.807, 2.05) is 52.0 Å². The summed E-state index contributed by atoms with van der Waals surface area (Å²) in [6.07, 6.45) is 7.17. The van der Waals surface area contributed by atoms with Crippen molar-refractivity contribution in [3.05, 3.63) is 67.6 Å². The maximum Gasteiger partial charge on any atom is 0.328 e. The van der Waals surface area contributed by atoms with Crippen LogP contribution in [0.1, 0.15) is 53.4 Å². The summed E-state index contributed by atoms with van der Waals surface area (Å²) in [6.45, 7) is 11.4. The number of carbonyl (C=O) groups is 3. The highest BCUT2D eigenvalue weighted by molar-refractivity contribution is 7.91. The van der Waals surface area contributed by atoms with E-state index in [1.165, 1.54) is 11.0 Å². The van der Waals surface area contributed by atoms with Crippen LogP contribution < -0.4 is 19.5 Å². The van der Waals surface area contributed by atoms with E-state index in [0.29, 0.717) is 36.6 Å². The molecule has 3 aromatic rings. The number of imide groups is 1. The molecule has 3 fully saturated rings. The topological polar surface area (TPSA) is 160 Å². The number of fused-ring (bicyclic) bond motifs is 1. The van der Waals surface area contributed by atoms with Gasteiger partial charge in [0, 0.05) is 42.4 Å². The number of pyridine rings is 2. The number of likely N-dealkylation sites (tertiary alicyclic amines) is 1. The Kier molecular flexibility index (Phi) is 9.27. The maximum absolute atomic E-state index is 14.9. The molecule has 13 nitrogen and oxygen atoms in total. The molecule has 0 spiro atoms. The predicted molar refractivity (Wildman–Crippen MR) is 188 cm³/mol. The molecular weight excluding hydrogens is 660 g/mol. The van der Waals surface area contributed by atoms with Crippen LogP contribution in [0.15, 0.2) is 67.6 Å². The lowest BCUT2D eigenvalue weighted by molar-refractivity contribution is -0.141. The van der Waals surface area contributed by atoms with Crippen LogP contribution >= 0.6 is 0 Å². The molecule has 3 aliphatic rings. The van der Waals surface area contributed by atoms with Gasteiger partial charge in [-0.15, -0.1) is 6.58 Å². The fraction of sp³-hybridized carbons (Fsp3) is 0.472. The second-order valence-corrected chi connectivity index (χ2v) is 16.4. The molecule has 2 aromatic heterocycles. The van der Waals surface area contributed by atoms with Gasteiger partial charge in [-0.2, -0.15) is 0 Å². The van der Waals surface area contributed by atoms with E-state index in [0.717, 1.165) is 15.7 Å². The number of sulfonamides is 1. The Bertz CT molecular complexity index is 1910. The Morgan fingerprint density at radius 1 is 1.16 bits per heavy atom. The van der Waals surface area contributed by atoms with Gasteiger partial charge >= 0.3 is 6.03 Å². The van der Waals surface area contributed by atoms with Crippen LogP contribution in [-0.2, 0) is 19.6 Å². The summed E-state index contributed by atoms with van der Waals surface area (Å²) in [7, 11) is -2.40. The minimum atomic E-state index is -3.99. The quantitative estimate of drug-likeness (QED) is 0.272. The largest absolute Gasteiger partial charge is 0.497 e. The Hall–Kier alpha value is -4.72. The van der Waals surface area contributed by atoms with Crippen molar-refractivity contribution in [1.82, 2.24) is 24.5 Å². The zero-order chi connectivity index (χ0) is 36.0. The normalized spacial score (nSPS) is 23.9. The second-order valence-electron chi connectivity index (χ2n) is 14.5. The summed E-state index contributed by atoms with van der Waals surface area (Å²) in [5.41, 5.74) is -2.01. The van der Waals surface area contributed by atoms with Crippen LogP contribution in [-0.4, -0.2) is 88.7 Å². The summed E-state index contributed by atoms with van der Waals surface area (Å²) in [5.74, 6) is -1.16. The molecule has 1 unspecified atom stereocenters. The van der Waals surface area contributed by atoms with E-state index in [9.17, 15) is 22.8 Å². The van der Waals surface area contributed by atoms with Crippen LogP contribution in [0, 0.1) is 11.3 Å². The number of nitrogens with zero attached hydrogens (tertiary/aromatic N) is 4. The van der Waals surface area contributed by atoms with Crippen molar-refractivity contribution in [3.8, 4) is 11.6 Å². The van der Waals surface area contributed by atoms with Crippen molar-refractivity contribution >= 4 is 44.3 Å². The highest BCUT2D eigenvalue weighted by atomic mass is 32.2. The highest BCUT2D eigenvalue weighted by Crippen LogP contribution is 2.51. The molecule has 0 bridgehead atoms. The summed E-state index contributed by atoms with van der Waals surface area (Å²) in [5, 5.41) is 4.19. The molecule has 1 aliphatic heterocycles. The van der Waals surface area contributed by atoms with Gasteiger partial charge in [-0.3, -0.25) is 19.3 Å². The van der Waals surface area contributed by atoms with Gasteiger partial charge in [0.2, 0.25) is 15.9 Å². The van der Waals surface area contributed by atoms with Gasteiger partial charge in [0.25, 0.3) is 11.8 Å². The molecular formula is C36H44N6O7S. The molecule has 2 aliphatic carbocycles. The minimum absolute atomic E-state index is 0.0370. The minimum Gasteiger partial charge on any atom is -0.497 e. The number of hydrogen-bond donors (Lipinski definition) is 2. The summed E-state index contributed by atoms with van der Waals surface area (Å²) in [4.78, 5) is 55.0. The van der Waals surface area contributed by atoms with Crippen LogP contribution in [0.5, 0.6) is 11.6 Å². The number of urea groups is 1. The van der Waals surface area contributed by atoms with Crippen molar-refractivity contribution in [2.24, 2.45) is 11.3 Å². The number of carbonyl (C=O) groups excluding carboxylic acids is 3. The summed E-state index contributed by atoms with van der Waals surface area (Å²) in [6, 6.07) is 8.77. The second kappa shape index (κ2) is 13.2. The first-order valence-electron chi connectivity index (χ1n) is 16.8. The number of nitrogens with one attached hydrogen (secondary N) is 2. The third kappa shape index (κ3) is 6.72. The van der Waals surface area contributed by atoms with E-state index in [4.69, 9.17) is 9.47 Å². The van der Waals surface area contributed by atoms with Gasteiger partial charge in [-0.05, 0) is 73.4 Å². The monoisotopic (exact) mass is 704 g/mol. The Labute approximate surface area is 292 Å². The van der Waals surface area contributed by atoms with E-state index in [-0.39, 0.29) is 13.0 Å². The van der Waals surface area contributed by atoms with E-state index in [1.54, 1.807) is 37.8 Å². The lowest BCUT2D eigenvalue weighted by Gasteiger charge is -2.40. The number of benzene rings is 1. The maximum atomic E-state index is 14.9. The van der Waals surface area contributed by atoms with Crippen LogP contribution in [0.4, 0.5) is 10.5 Å². The molecule has 3 heterocycles. The van der Waals surface area contributed by atoms with Crippen LogP contribution in [0.3, 0.4) is 0 Å². The lowest BCUT2D eigenvalue weighted by atomic mass is 9.85. The Morgan fingerprint density at radius 2 is 1.92 bits per heavy atom. The molecule has 266 valence electrons. The first kappa shape index (κ1) is 35.1. The number of hydrogen-bond acceptors (Lipinski definition) is 10. The first-order chi connectivity index (χ1) is 23.7. The summed E-state index contributed by atoms with van der Waals surface area (Å²) >= 11 is 0. The SMILES string of the molecule is C=C[C@@H]1C[C@@]1(C(=O)NS(=O)(=O)C1CC1)N(C(=O)[C@H](Nc1cccnc1)C(C)(C)C)C(=O)N1C[C@H](Oc2nccc3cc(OC)ccc23)CC1C. The number of aromatic nitrogens is 2. The smallest absolute Gasteiger partial charge is 0.328 e. The highest BCUT2D eigenvalue weighted by Gasteiger charge is 2.68. The number of amides is 4. The fourth-order valence-corrected chi connectivity index (χ4v) is 8.04. The molecule has 2 saturated carbocycles. The number of ether oxygens (including phenoxy) is 2. The molecule has 6 rings (SSSR count). The van der Waals surface area contributed by atoms with E-state index >= 15 is 0 Å². The average Bonchev–Trinajstić information content (AvgIpc) is 4.01. The van der Waals surface area contributed by atoms with Crippen molar-refractivity contribution < 1.29 is 32.3 Å². The third-order valence-corrected chi connectivity index (χ3v) is 11.6. The molecule has 0 radical (unpaired) electrons. The first-order valence-corrected chi connectivity index (χ1v) is 18.3. The molecule has 50 heavy (non-hydrogen) atoms. The lowest BCUT2D eigenvalue weighted by Crippen LogP contribution is -2.64. The predicted octanol–water partition coefficient (Wildman–Crippen LogP) is 4.51. The molecule has 1 saturated heterocycles. The van der Waals surface area contributed by atoms with Crippen molar-refractivity contribution in [2.45, 2.75) is 82.4 Å². The zero-order valence-electron chi connectivity index (χ0n) is 29.0. The number of rotatable bonds is 11. The molecule has 4 amide bonds. The van der Waals surface area contributed by atoms with Gasteiger partial charge in [-0.25, -0.2) is 23.1 Å². The van der Waals surface area contributed by atoms with Crippen molar-refractivity contribution in [2.75, 3.05) is 19.0 Å². The standard InChI is InChI=1S/C36H44N6O7S/c1-7-24-19-36(24,33(44)40-50(46,47)28-11-12-28)42(32(43)30(35(3,4)5)39-25-9-8-15-37-20-25)34(45)41-21-27(17-22(41)2)49-31-29-13-10-26(48-6)18-23(29)14-16-38-31/h7-10,13-16,18,20,22,24,27-28,30,39H,1,11-12,17,19,21H2,2-6H3,(H,40,44)/t22?,24-,27-,30+,36-/m1/s1. The van der Waals surface area contributed by atoms with Gasteiger partial charge in [-0.1, -0.05) is 26.8 Å². The summed E-state index contributed by atoms with van der Waals surface area (Å²) < 4.78 is 40.0. The van der Waals surface area contributed by atoms with Crippen LogP contribution in [0.25, 0.3) is 10.8 Å². The Balaban J connectivity index is 1.35. The molecule has 2 N–H and O–H groups in total. The van der Waals surface area contributed by atoms with Gasteiger partial charge in [0.1, 0.15) is 23.4 Å². The molecule has 5 atom stereocenters. The van der Waals surface area contributed by atoms with E-state index < -0.39 is 68.2 Å². The van der Waals surface area contributed by atoms with Crippen molar-refractivity contribution in [3.63, 3.8) is 0 Å². The third-order valence-electron chi connectivity index (χ3n) is 9.75. The average molecular weight is 705 g/mol. The van der Waals surface area contributed by atoms with Gasteiger partial charge in [0.05, 0.1) is 24.6 Å². The van der Waals surface area contributed by atoms with Gasteiger partial charge in [0.15, 0.2) is 0 Å². The molecule has 1 aromatic carbocycles. The fourth-order valence-electron chi connectivity index (χ4n) is 6.68. The van der Waals surface area contributed by atoms with Gasteiger partial charge < -0.3 is 19.7 Å². The molecule has 14 heteroatoms. The van der Waals surface area contributed by atoms with E-state index in [2.05, 4.69) is 26.6 Å².